The first-order valence-corrected chi connectivity index (χ1v) is 8.78. The fraction of sp³-hybridized carbons (Fsp3) is 0.250. The summed E-state index contributed by atoms with van der Waals surface area (Å²) in [6.07, 6.45) is 0.322. The lowest BCUT2D eigenvalue weighted by Crippen LogP contribution is -2.43. The van der Waals surface area contributed by atoms with Crippen LogP contribution in [0.2, 0.25) is 0 Å². The number of nitrogens with one attached hydrogen (secondary N) is 1. The third-order valence-electron chi connectivity index (χ3n) is 5.00. The van der Waals surface area contributed by atoms with Crippen LogP contribution < -0.4 is 5.32 Å². The Morgan fingerprint density at radius 1 is 1.18 bits per heavy atom. The van der Waals surface area contributed by atoms with Crippen LogP contribution in [0.15, 0.2) is 48.5 Å². The molecule has 1 saturated heterocycles. The van der Waals surface area contributed by atoms with E-state index in [-0.39, 0.29) is 11.3 Å². The van der Waals surface area contributed by atoms with E-state index >= 15 is 0 Å². The highest BCUT2D eigenvalue weighted by Gasteiger charge is 2.51. The smallest absolute Gasteiger partial charge is 0.319 e. The van der Waals surface area contributed by atoms with Crippen LogP contribution in [0.1, 0.15) is 34.8 Å². The Labute approximate surface area is 161 Å². The van der Waals surface area contributed by atoms with E-state index in [1.54, 1.807) is 44.2 Å². The number of benzene rings is 2. The molecule has 2 aromatic carbocycles. The number of Topliss-reactive ketones (excluding diaryl/α,β-unsaturated/α-hetero) is 1. The summed E-state index contributed by atoms with van der Waals surface area (Å²) in [6.45, 7) is 2.86. The van der Waals surface area contributed by atoms with Crippen molar-refractivity contribution in [3.63, 3.8) is 0 Å². The van der Waals surface area contributed by atoms with Crippen molar-refractivity contribution in [1.29, 1.82) is 0 Å². The van der Waals surface area contributed by atoms with Gasteiger partial charge in [-0.2, -0.15) is 0 Å². The molecule has 1 N–H and O–H groups in total. The van der Waals surface area contributed by atoms with Crippen LogP contribution in [0.3, 0.4) is 0 Å². The zero-order valence-corrected chi connectivity index (χ0v) is 15.5. The van der Waals surface area contributed by atoms with Gasteiger partial charge in [0, 0.05) is 17.2 Å². The van der Waals surface area contributed by atoms with Crippen LogP contribution in [0.25, 0.3) is 0 Å². The topological polar surface area (TPSA) is 110 Å². The predicted octanol–water partition coefficient (Wildman–Crippen LogP) is 2.94. The molecule has 3 rings (SSSR count). The molecule has 1 heterocycles. The zero-order valence-electron chi connectivity index (χ0n) is 15.5. The summed E-state index contributed by atoms with van der Waals surface area (Å²) in [4.78, 5) is 49.5. The number of imide groups is 1. The number of amides is 3. The molecule has 1 aliphatic rings. The number of nitro benzene ring substituents is 1. The molecule has 28 heavy (non-hydrogen) atoms. The van der Waals surface area contributed by atoms with E-state index in [4.69, 9.17) is 0 Å². The number of nitrogens with zero attached hydrogens (tertiary/aromatic N) is 2. The van der Waals surface area contributed by atoms with Gasteiger partial charge in [-0.3, -0.25) is 24.6 Å². The first-order valence-electron chi connectivity index (χ1n) is 8.78. The number of carbonyl (C=O) groups is 3. The molecule has 0 spiro atoms. The van der Waals surface area contributed by atoms with Crippen molar-refractivity contribution in [1.82, 2.24) is 10.2 Å². The molecule has 0 radical (unpaired) electrons. The summed E-state index contributed by atoms with van der Waals surface area (Å²) in [5.41, 5.74) is -0.276. The SMILES string of the molecule is CC[C@]1(c2ccccc2)NC(=O)N(CC(=O)c2ccc(C)c([N+](=O)[O-])c2)C1=O. The molecule has 0 bridgehead atoms. The molecule has 1 aliphatic heterocycles. The Kier molecular flexibility index (Phi) is 4.96. The van der Waals surface area contributed by atoms with Crippen LogP contribution in [0.4, 0.5) is 10.5 Å². The van der Waals surface area contributed by atoms with E-state index in [9.17, 15) is 24.5 Å². The van der Waals surface area contributed by atoms with Gasteiger partial charge in [0.1, 0.15) is 5.54 Å². The average molecular weight is 381 g/mol. The maximum atomic E-state index is 13.0. The normalized spacial score (nSPS) is 18.9. The minimum atomic E-state index is -1.22. The summed E-state index contributed by atoms with van der Waals surface area (Å²) in [5.74, 6) is -1.06. The summed E-state index contributed by atoms with van der Waals surface area (Å²) < 4.78 is 0. The van der Waals surface area contributed by atoms with Crippen molar-refractivity contribution in [3.05, 3.63) is 75.3 Å². The number of aryl methyl sites for hydroxylation is 1. The van der Waals surface area contributed by atoms with Crippen LogP contribution >= 0.6 is 0 Å². The van der Waals surface area contributed by atoms with Crippen molar-refractivity contribution in [2.24, 2.45) is 0 Å². The summed E-state index contributed by atoms with van der Waals surface area (Å²) in [6, 6.07) is 12.3. The second-order valence-corrected chi connectivity index (χ2v) is 6.63. The van der Waals surface area contributed by atoms with Gasteiger partial charge in [-0.15, -0.1) is 0 Å². The van der Waals surface area contributed by atoms with Crippen molar-refractivity contribution in [2.75, 3.05) is 6.54 Å². The standard InChI is InChI=1S/C20H19N3O5/c1-3-20(15-7-5-4-6-8-15)18(25)22(19(26)21-20)12-17(24)14-10-9-13(2)16(11-14)23(27)28/h4-11H,3,12H2,1-2H3,(H,21,26)/t20-/m1/s1. The van der Waals surface area contributed by atoms with Crippen LogP contribution in [0, 0.1) is 17.0 Å². The lowest BCUT2D eigenvalue weighted by atomic mass is 9.87. The largest absolute Gasteiger partial charge is 0.325 e. The number of rotatable bonds is 6. The zero-order chi connectivity index (χ0) is 20.5. The Balaban J connectivity index is 1.88. The number of nitro groups is 1. The van der Waals surface area contributed by atoms with Crippen molar-refractivity contribution in [3.8, 4) is 0 Å². The highest BCUT2D eigenvalue weighted by molar-refractivity contribution is 6.11. The Hall–Kier alpha value is -3.55. The molecule has 1 atom stereocenters. The molecule has 2 aromatic rings. The van der Waals surface area contributed by atoms with E-state index in [0.717, 1.165) is 4.90 Å². The lowest BCUT2D eigenvalue weighted by molar-refractivity contribution is -0.385. The van der Waals surface area contributed by atoms with Gasteiger partial charge < -0.3 is 5.32 Å². The van der Waals surface area contributed by atoms with Gasteiger partial charge >= 0.3 is 6.03 Å². The minimum absolute atomic E-state index is 0.0756. The number of urea groups is 1. The molecule has 1 fully saturated rings. The molecule has 3 amide bonds. The van der Waals surface area contributed by atoms with Gasteiger partial charge in [0.15, 0.2) is 5.78 Å². The van der Waals surface area contributed by atoms with Gasteiger partial charge in [-0.05, 0) is 18.9 Å². The number of hydrogen-bond donors (Lipinski definition) is 1. The highest BCUT2D eigenvalue weighted by Crippen LogP contribution is 2.32. The number of ketones is 1. The first kappa shape index (κ1) is 19.2. The first-order chi connectivity index (χ1) is 13.3. The molecule has 8 nitrogen and oxygen atoms in total. The van der Waals surface area contributed by atoms with Gasteiger partial charge in [0.25, 0.3) is 11.6 Å². The van der Waals surface area contributed by atoms with Crippen LogP contribution in [-0.4, -0.2) is 34.1 Å². The fourth-order valence-corrected chi connectivity index (χ4v) is 3.35. The van der Waals surface area contributed by atoms with Crippen LogP contribution in [-0.2, 0) is 10.3 Å². The second-order valence-electron chi connectivity index (χ2n) is 6.63. The van der Waals surface area contributed by atoms with Gasteiger partial charge in [-0.25, -0.2) is 4.79 Å². The third kappa shape index (κ3) is 3.13. The Morgan fingerprint density at radius 2 is 1.86 bits per heavy atom. The fourth-order valence-electron chi connectivity index (χ4n) is 3.35. The molecule has 0 aromatic heterocycles. The van der Waals surface area contributed by atoms with E-state index in [1.165, 1.54) is 18.2 Å². The molecule has 0 unspecified atom stereocenters. The second kappa shape index (κ2) is 7.22. The molecule has 0 saturated carbocycles. The van der Waals surface area contributed by atoms with Crippen molar-refractivity contribution >= 4 is 23.4 Å². The van der Waals surface area contributed by atoms with Crippen molar-refractivity contribution in [2.45, 2.75) is 25.8 Å². The third-order valence-corrected chi connectivity index (χ3v) is 5.00. The number of carbonyl (C=O) groups excluding carboxylic acids is 3. The monoisotopic (exact) mass is 381 g/mol. The highest BCUT2D eigenvalue weighted by atomic mass is 16.6. The van der Waals surface area contributed by atoms with E-state index in [2.05, 4.69) is 5.32 Å². The van der Waals surface area contributed by atoms with Crippen LogP contribution in [0.5, 0.6) is 0 Å². The predicted molar refractivity (Wildman–Crippen MR) is 101 cm³/mol. The van der Waals surface area contributed by atoms with E-state index in [1.807, 2.05) is 0 Å². The molecular weight excluding hydrogens is 362 g/mol. The molecule has 144 valence electrons. The van der Waals surface area contributed by atoms with E-state index in [0.29, 0.717) is 17.5 Å². The maximum Gasteiger partial charge on any atom is 0.325 e. The summed E-state index contributed by atoms with van der Waals surface area (Å²) >= 11 is 0. The lowest BCUT2D eigenvalue weighted by Gasteiger charge is -2.25. The van der Waals surface area contributed by atoms with Gasteiger partial charge in [-0.1, -0.05) is 49.4 Å². The summed E-state index contributed by atoms with van der Waals surface area (Å²) in [5, 5.41) is 13.8. The quantitative estimate of drug-likeness (QED) is 0.358. The maximum absolute atomic E-state index is 13.0. The van der Waals surface area contributed by atoms with Gasteiger partial charge in [0.2, 0.25) is 0 Å². The summed E-state index contributed by atoms with van der Waals surface area (Å²) in [7, 11) is 0. The minimum Gasteiger partial charge on any atom is -0.319 e. The molecule has 8 heteroatoms. The Morgan fingerprint density at radius 3 is 2.46 bits per heavy atom. The Bertz CT molecular complexity index is 973. The molecular formula is C20H19N3O5. The number of hydrogen-bond acceptors (Lipinski definition) is 5. The van der Waals surface area contributed by atoms with E-state index < -0.39 is 34.7 Å². The average Bonchev–Trinajstić information content (AvgIpc) is 2.93. The van der Waals surface area contributed by atoms with Gasteiger partial charge in [0.05, 0.1) is 11.5 Å². The molecule has 0 aliphatic carbocycles. The van der Waals surface area contributed by atoms with Crippen molar-refractivity contribution < 1.29 is 19.3 Å².